The van der Waals surface area contributed by atoms with Crippen LogP contribution in [-0.2, 0) is 0 Å². The van der Waals surface area contributed by atoms with Crippen molar-refractivity contribution < 1.29 is 25.5 Å². The van der Waals surface area contributed by atoms with Crippen molar-refractivity contribution in [3.63, 3.8) is 0 Å². The molecule has 6 N–H and O–H groups in total. The van der Waals surface area contributed by atoms with Crippen molar-refractivity contribution in [1.29, 1.82) is 0 Å². The van der Waals surface area contributed by atoms with Gasteiger partial charge in [-0.15, -0.1) is 12.4 Å². The molecule has 0 unspecified atom stereocenters. The number of halogens is 1. The summed E-state index contributed by atoms with van der Waals surface area (Å²) < 4.78 is 0. The Morgan fingerprint density at radius 2 is 1.62 bits per heavy atom. The smallest absolute Gasteiger partial charge is 0.110 e. The first kappa shape index (κ1) is 16.1. The predicted octanol–water partition coefficient (Wildman–Crippen LogP) is -2.40. The zero-order valence-corrected chi connectivity index (χ0v) is 9.68. The van der Waals surface area contributed by atoms with Crippen LogP contribution in [-0.4, -0.2) is 69.1 Å². The number of β-amino-alcohol motifs (C(OH)–C–C–N with tert-alkyl or cyclic N) is 1. The van der Waals surface area contributed by atoms with Crippen LogP contribution >= 0.6 is 12.4 Å². The monoisotopic (exact) mass is 257 g/mol. The number of hydrogen-bond acceptors (Lipinski definition) is 6. The molecule has 0 aromatic heterocycles. The molecule has 0 amide bonds. The quantitative estimate of drug-likeness (QED) is 0.336. The molecular formula is C9H20ClNO5. The second kappa shape index (κ2) is 7.39. The van der Waals surface area contributed by atoms with Crippen molar-refractivity contribution in [3.05, 3.63) is 0 Å². The SMILES string of the molecule is Cl.OCCC[C@H]1NC[C@H](O)[C@@H](O)[C@H](O)[C@@H]1O. The molecular weight excluding hydrogens is 238 g/mol. The highest BCUT2D eigenvalue weighted by Gasteiger charge is 2.37. The third-order valence-corrected chi connectivity index (χ3v) is 2.77. The molecule has 0 radical (unpaired) electrons. The van der Waals surface area contributed by atoms with E-state index >= 15 is 0 Å². The minimum Gasteiger partial charge on any atom is -0.396 e. The first-order valence-corrected chi connectivity index (χ1v) is 5.14. The van der Waals surface area contributed by atoms with Crippen LogP contribution in [0.1, 0.15) is 12.8 Å². The normalized spacial score (nSPS) is 39.9. The Balaban J connectivity index is 0.00000225. The lowest BCUT2D eigenvalue weighted by atomic mass is 9.98. The van der Waals surface area contributed by atoms with Crippen molar-refractivity contribution in [2.45, 2.75) is 43.3 Å². The highest BCUT2D eigenvalue weighted by atomic mass is 35.5. The standard InChI is InChI=1S/C9H19NO5.ClH/c11-3-1-2-5-7(13)9(15)8(14)6(12)4-10-5;/h5-15H,1-4H2;1H/t5-,6+,7-,8-,9-;/m1./s1. The molecule has 6 nitrogen and oxygen atoms in total. The molecule has 0 saturated carbocycles. The third-order valence-electron chi connectivity index (χ3n) is 2.77. The van der Waals surface area contributed by atoms with E-state index in [1.165, 1.54) is 0 Å². The molecule has 0 aromatic rings. The lowest BCUT2D eigenvalue weighted by Crippen LogP contribution is -2.47. The van der Waals surface area contributed by atoms with E-state index in [0.717, 1.165) is 0 Å². The van der Waals surface area contributed by atoms with Gasteiger partial charge in [0.25, 0.3) is 0 Å². The van der Waals surface area contributed by atoms with Crippen LogP contribution < -0.4 is 5.32 Å². The van der Waals surface area contributed by atoms with Gasteiger partial charge in [0.1, 0.15) is 12.2 Å². The van der Waals surface area contributed by atoms with Crippen LogP contribution in [0.5, 0.6) is 0 Å². The second-order valence-corrected chi connectivity index (χ2v) is 3.92. The second-order valence-electron chi connectivity index (χ2n) is 3.92. The van der Waals surface area contributed by atoms with Gasteiger partial charge in [-0.05, 0) is 12.8 Å². The highest BCUT2D eigenvalue weighted by molar-refractivity contribution is 5.85. The zero-order chi connectivity index (χ0) is 11.4. The molecule has 0 spiro atoms. The van der Waals surface area contributed by atoms with E-state index in [0.29, 0.717) is 12.8 Å². The van der Waals surface area contributed by atoms with E-state index in [4.69, 9.17) is 5.11 Å². The molecule has 16 heavy (non-hydrogen) atoms. The summed E-state index contributed by atoms with van der Waals surface area (Å²) >= 11 is 0. The Hall–Kier alpha value is 0.0500. The molecule has 1 saturated heterocycles. The number of hydrogen-bond donors (Lipinski definition) is 6. The molecule has 0 aliphatic carbocycles. The molecule has 98 valence electrons. The summed E-state index contributed by atoms with van der Waals surface area (Å²) in [6.45, 7) is 0.123. The predicted molar refractivity (Wildman–Crippen MR) is 59.4 cm³/mol. The molecule has 7 heteroatoms. The van der Waals surface area contributed by atoms with E-state index in [1.807, 2.05) is 0 Å². The molecule has 5 atom stereocenters. The summed E-state index contributed by atoms with van der Waals surface area (Å²) in [6, 6.07) is -0.418. The number of aliphatic hydroxyl groups is 5. The summed E-state index contributed by atoms with van der Waals surface area (Å²) in [5, 5.41) is 49.4. The number of rotatable bonds is 3. The summed E-state index contributed by atoms with van der Waals surface area (Å²) in [5.41, 5.74) is 0. The topological polar surface area (TPSA) is 113 Å². The highest BCUT2D eigenvalue weighted by Crippen LogP contribution is 2.15. The van der Waals surface area contributed by atoms with Gasteiger partial charge < -0.3 is 30.8 Å². The lowest BCUT2D eigenvalue weighted by Gasteiger charge is -2.25. The fraction of sp³-hybridized carbons (Fsp3) is 1.00. The van der Waals surface area contributed by atoms with Gasteiger partial charge in [0.05, 0.1) is 12.2 Å². The Labute approximate surface area is 100 Å². The van der Waals surface area contributed by atoms with Crippen molar-refractivity contribution in [2.24, 2.45) is 0 Å². The van der Waals surface area contributed by atoms with Crippen LogP contribution in [0, 0.1) is 0 Å². The summed E-state index contributed by atoms with van der Waals surface area (Å²) in [5.74, 6) is 0. The maximum Gasteiger partial charge on any atom is 0.110 e. The number of nitrogens with one attached hydrogen (secondary N) is 1. The Morgan fingerprint density at radius 3 is 2.19 bits per heavy atom. The van der Waals surface area contributed by atoms with Crippen molar-refractivity contribution in [3.8, 4) is 0 Å². The molecule has 1 rings (SSSR count). The lowest BCUT2D eigenvalue weighted by molar-refractivity contribution is -0.0961. The minimum atomic E-state index is -1.36. The van der Waals surface area contributed by atoms with Gasteiger partial charge in [-0.3, -0.25) is 0 Å². The van der Waals surface area contributed by atoms with E-state index in [-0.39, 0.29) is 25.6 Å². The molecule has 1 aliphatic heterocycles. The van der Waals surface area contributed by atoms with Crippen molar-refractivity contribution in [1.82, 2.24) is 5.32 Å². The van der Waals surface area contributed by atoms with Crippen molar-refractivity contribution >= 4 is 12.4 Å². The third kappa shape index (κ3) is 3.81. The van der Waals surface area contributed by atoms with Gasteiger partial charge in [0.2, 0.25) is 0 Å². The number of aliphatic hydroxyl groups excluding tert-OH is 5. The van der Waals surface area contributed by atoms with Crippen LogP contribution in [0.3, 0.4) is 0 Å². The molecule has 1 aliphatic rings. The maximum absolute atomic E-state index is 9.67. The van der Waals surface area contributed by atoms with Gasteiger partial charge in [-0.2, -0.15) is 0 Å². The Kier molecular flexibility index (Phi) is 7.41. The minimum absolute atomic E-state index is 0. The first-order chi connectivity index (χ1) is 7.07. The average Bonchev–Trinajstić information content (AvgIpc) is 2.32. The summed E-state index contributed by atoms with van der Waals surface area (Å²) in [7, 11) is 0. The largest absolute Gasteiger partial charge is 0.396 e. The van der Waals surface area contributed by atoms with Crippen LogP contribution in [0.25, 0.3) is 0 Å². The van der Waals surface area contributed by atoms with Crippen LogP contribution in [0.15, 0.2) is 0 Å². The van der Waals surface area contributed by atoms with Gasteiger partial charge >= 0.3 is 0 Å². The molecule has 0 bridgehead atoms. The van der Waals surface area contributed by atoms with E-state index in [2.05, 4.69) is 5.32 Å². The van der Waals surface area contributed by atoms with Gasteiger partial charge in [-0.1, -0.05) is 0 Å². The van der Waals surface area contributed by atoms with Gasteiger partial charge in [-0.25, -0.2) is 0 Å². The Bertz CT molecular complexity index is 197. The summed E-state index contributed by atoms with van der Waals surface area (Å²) in [4.78, 5) is 0. The Morgan fingerprint density at radius 1 is 1.00 bits per heavy atom. The maximum atomic E-state index is 9.67. The zero-order valence-electron chi connectivity index (χ0n) is 8.86. The van der Waals surface area contributed by atoms with E-state index in [1.54, 1.807) is 0 Å². The molecule has 1 heterocycles. The molecule has 0 aromatic carbocycles. The summed E-state index contributed by atoms with van der Waals surface area (Å²) in [6.07, 6.45) is -3.95. The van der Waals surface area contributed by atoms with Crippen molar-refractivity contribution in [2.75, 3.05) is 13.2 Å². The molecule has 1 fully saturated rings. The van der Waals surface area contributed by atoms with E-state index < -0.39 is 30.5 Å². The van der Waals surface area contributed by atoms with Crippen LogP contribution in [0.4, 0.5) is 0 Å². The fourth-order valence-corrected chi connectivity index (χ4v) is 1.77. The fourth-order valence-electron chi connectivity index (χ4n) is 1.77. The van der Waals surface area contributed by atoms with Gasteiger partial charge in [0.15, 0.2) is 0 Å². The van der Waals surface area contributed by atoms with Crippen LogP contribution in [0.2, 0.25) is 0 Å². The average molecular weight is 258 g/mol. The van der Waals surface area contributed by atoms with Gasteiger partial charge in [0, 0.05) is 19.2 Å². The van der Waals surface area contributed by atoms with E-state index in [9.17, 15) is 20.4 Å². The first-order valence-electron chi connectivity index (χ1n) is 5.14.